The number of hydrogen-bond acceptors (Lipinski definition) is 3. The SMILES string of the molecule is CCCC(CNC(=O)C1CC(=O)N(C2CC2)C1)C(=O)O. The number of rotatable bonds is 7. The van der Waals surface area contributed by atoms with Crippen molar-refractivity contribution in [1.82, 2.24) is 10.2 Å². The number of aliphatic carboxylic acids is 1. The van der Waals surface area contributed by atoms with Crippen LogP contribution in [0.1, 0.15) is 39.0 Å². The van der Waals surface area contributed by atoms with Crippen molar-refractivity contribution in [3.8, 4) is 0 Å². The van der Waals surface area contributed by atoms with Crippen LogP contribution in [0.25, 0.3) is 0 Å². The van der Waals surface area contributed by atoms with Crippen LogP contribution in [-0.4, -0.2) is 46.9 Å². The van der Waals surface area contributed by atoms with Crippen LogP contribution in [-0.2, 0) is 14.4 Å². The molecule has 0 radical (unpaired) electrons. The van der Waals surface area contributed by atoms with Gasteiger partial charge in [-0.25, -0.2) is 0 Å². The Kier molecular flexibility index (Phi) is 4.62. The summed E-state index contributed by atoms with van der Waals surface area (Å²) in [6.45, 7) is 2.55. The van der Waals surface area contributed by atoms with Crippen molar-refractivity contribution in [1.29, 1.82) is 0 Å². The van der Waals surface area contributed by atoms with E-state index in [1.54, 1.807) is 4.90 Å². The van der Waals surface area contributed by atoms with Gasteiger partial charge >= 0.3 is 5.97 Å². The molecule has 2 N–H and O–H groups in total. The molecule has 1 aliphatic carbocycles. The lowest BCUT2D eigenvalue weighted by Crippen LogP contribution is -2.38. The Morgan fingerprint density at radius 3 is 2.70 bits per heavy atom. The summed E-state index contributed by atoms with van der Waals surface area (Å²) in [7, 11) is 0. The molecule has 2 unspecified atom stereocenters. The van der Waals surface area contributed by atoms with Crippen LogP contribution in [0.15, 0.2) is 0 Å². The Morgan fingerprint density at radius 1 is 1.45 bits per heavy atom. The maximum Gasteiger partial charge on any atom is 0.308 e. The molecule has 1 saturated carbocycles. The van der Waals surface area contributed by atoms with E-state index in [4.69, 9.17) is 5.11 Å². The minimum atomic E-state index is -0.880. The fourth-order valence-electron chi connectivity index (χ4n) is 2.68. The van der Waals surface area contributed by atoms with E-state index < -0.39 is 11.9 Å². The second-order valence-electron chi connectivity index (χ2n) is 5.75. The number of likely N-dealkylation sites (tertiary alicyclic amines) is 1. The Morgan fingerprint density at radius 2 is 2.15 bits per heavy atom. The molecular weight excluding hydrogens is 260 g/mol. The smallest absolute Gasteiger partial charge is 0.308 e. The lowest BCUT2D eigenvalue weighted by atomic mass is 10.0. The highest BCUT2D eigenvalue weighted by atomic mass is 16.4. The van der Waals surface area contributed by atoms with E-state index in [0.717, 1.165) is 19.3 Å². The second kappa shape index (κ2) is 6.24. The molecule has 2 aliphatic rings. The first-order valence-electron chi connectivity index (χ1n) is 7.33. The van der Waals surface area contributed by atoms with E-state index in [0.29, 0.717) is 19.0 Å². The Labute approximate surface area is 118 Å². The number of carbonyl (C=O) groups excluding carboxylic acids is 2. The third kappa shape index (κ3) is 3.49. The molecule has 0 bridgehead atoms. The summed E-state index contributed by atoms with van der Waals surface area (Å²) < 4.78 is 0. The van der Waals surface area contributed by atoms with E-state index in [2.05, 4.69) is 5.32 Å². The first-order valence-corrected chi connectivity index (χ1v) is 7.33. The van der Waals surface area contributed by atoms with Crippen molar-refractivity contribution >= 4 is 17.8 Å². The fraction of sp³-hybridized carbons (Fsp3) is 0.786. The fourth-order valence-corrected chi connectivity index (χ4v) is 2.68. The molecule has 0 spiro atoms. The maximum atomic E-state index is 12.0. The monoisotopic (exact) mass is 282 g/mol. The zero-order valence-corrected chi connectivity index (χ0v) is 11.8. The average Bonchev–Trinajstić information content (AvgIpc) is 3.17. The summed E-state index contributed by atoms with van der Waals surface area (Å²) >= 11 is 0. The first-order chi connectivity index (χ1) is 9.52. The predicted molar refractivity (Wildman–Crippen MR) is 71.9 cm³/mol. The molecule has 1 aliphatic heterocycles. The molecular formula is C14H22N2O4. The minimum Gasteiger partial charge on any atom is -0.481 e. The van der Waals surface area contributed by atoms with Gasteiger partial charge in [0.2, 0.25) is 11.8 Å². The second-order valence-corrected chi connectivity index (χ2v) is 5.75. The summed E-state index contributed by atoms with van der Waals surface area (Å²) in [4.78, 5) is 36.6. The van der Waals surface area contributed by atoms with Crippen molar-refractivity contribution in [2.45, 2.75) is 45.1 Å². The molecule has 0 aromatic carbocycles. The van der Waals surface area contributed by atoms with E-state index in [1.807, 2.05) is 6.92 Å². The Balaban J connectivity index is 1.80. The summed E-state index contributed by atoms with van der Waals surface area (Å²) in [5.74, 6) is -1.88. The normalized spacial score (nSPS) is 23.8. The number of carbonyl (C=O) groups is 3. The van der Waals surface area contributed by atoms with Crippen molar-refractivity contribution in [2.75, 3.05) is 13.1 Å². The molecule has 2 fully saturated rings. The largest absolute Gasteiger partial charge is 0.481 e. The average molecular weight is 282 g/mol. The van der Waals surface area contributed by atoms with Crippen molar-refractivity contribution < 1.29 is 19.5 Å². The summed E-state index contributed by atoms with van der Waals surface area (Å²) in [5, 5.41) is 11.7. The number of nitrogens with zero attached hydrogens (tertiary/aromatic N) is 1. The molecule has 6 heteroatoms. The number of hydrogen-bond donors (Lipinski definition) is 2. The molecule has 112 valence electrons. The van der Waals surface area contributed by atoms with Gasteiger partial charge in [-0.05, 0) is 19.3 Å². The van der Waals surface area contributed by atoms with Gasteiger partial charge in [-0.15, -0.1) is 0 Å². The number of amides is 2. The summed E-state index contributed by atoms with van der Waals surface area (Å²) in [5.41, 5.74) is 0. The zero-order valence-electron chi connectivity index (χ0n) is 11.8. The Bertz CT molecular complexity index is 406. The highest BCUT2D eigenvalue weighted by Gasteiger charge is 2.41. The molecule has 2 amide bonds. The van der Waals surface area contributed by atoms with E-state index in [9.17, 15) is 14.4 Å². The molecule has 2 rings (SSSR count). The topological polar surface area (TPSA) is 86.7 Å². The van der Waals surface area contributed by atoms with Crippen LogP contribution in [0.5, 0.6) is 0 Å². The quantitative estimate of drug-likeness (QED) is 0.716. The van der Waals surface area contributed by atoms with E-state index in [1.165, 1.54) is 0 Å². The number of carboxylic acids is 1. The molecule has 2 atom stereocenters. The van der Waals surface area contributed by atoms with Crippen LogP contribution >= 0.6 is 0 Å². The van der Waals surface area contributed by atoms with Crippen LogP contribution in [0.2, 0.25) is 0 Å². The highest BCUT2D eigenvalue weighted by Crippen LogP contribution is 2.32. The number of carboxylic acid groups (broad SMARTS) is 1. The van der Waals surface area contributed by atoms with Gasteiger partial charge in [0.15, 0.2) is 0 Å². The highest BCUT2D eigenvalue weighted by molar-refractivity contribution is 5.89. The van der Waals surface area contributed by atoms with Crippen LogP contribution in [0.4, 0.5) is 0 Å². The van der Waals surface area contributed by atoms with Crippen LogP contribution in [0, 0.1) is 11.8 Å². The van der Waals surface area contributed by atoms with Gasteiger partial charge in [-0.1, -0.05) is 13.3 Å². The van der Waals surface area contributed by atoms with Crippen LogP contribution < -0.4 is 5.32 Å². The van der Waals surface area contributed by atoms with Gasteiger partial charge in [0.05, 0.1) is 11.8 Å². The molecule has 6 nitrogen and oxygen atoms in total. The maximum absolute atomic E-state index is 12.0. The number of nitrogens with one attached hydrogen (secondary N) is 1. The van der Waals surface area contributed by atoms with E-state index >= 15 is 0 Å². The minimum absolute atomic E-state index is 0.0518. The van der Waals surface area contributed by atoms with E-state index in [-0.39, 0.29) is 30.7 Å². The standard InChI is InChI=1S/C14H22N2O4/c1-2-3-9(14(19)20)7-15-13(18)10-6-12(17)16(8-10)11-4-5-11/h9-11H,2-8H2,1H3,(H,15,18)(H,19,20). The third-order valence-corrected chi connectivity index (χ3v) is 4.03. The molecule has 0 aromatic rings. The van der Waals surface area contributed by atoms with Crippen molar-refractivity contribution in [3.63, 3.8) is 0 Å². The molecule has 1 heterocycles. The predicted octanol–water partition coefficient (Wildman–Crippen LogP) is 0.614. The lowest BCUT2D eigenvalue weighted by Gasteiger charge is -2.16. The third-order valence-electron chi connectivity index (χ3n) is 4.03. The van der Waals surface area contributed by atoms with Gasteiger partial charge in [-0.2, -0.15) is 0 Å². The lowest BCUT2D eigenvalue weighted by molar-refractivity contribution is -0.142. The molecule has 20 heavy (non-hydrogen) atoms. The summed E-state index contributed by atoms with van der Waals surface area (Å²) in [6.07, 6.45) is 3.65. The van der Waals surface area contributed by atoms with Gasteiger partial charge in [0.1, 0.15) is 0 Å². The Hall–Kier alpha value is -1.59. The first kappa shape index (κ1) is 14.8. The molecule has 1 saturated heterocycles. The molecule has 0 aromatic heterocycles. The van der Waals surface area contributed by atoms with Gasteiger partial charge in [0.25, 0.3) is 0 Å². The zero-order chi connectivity index (χ0) is 14.7. The van der Waals surface area contributed by atoms with Gasteiger partial charge < -0.3 is 15.3 Å². The van der Waals surface area contributed by atoms with Crippen LogP contribution in [0.3, 0.4) is 0 Å². The van der Waals surface area contributed by atoms with Crippen molar-refractivity contribution in [3.05, 3.63) is 0 Å². The van der Waals surface area contributed by atoms with Crippen molar-refractivity contribution in [2.24, 2.45) is 11.8 Å². The van der Waals surface area contributed by atoms with Gasteiger partial charge in [-0.3, -0.25) is 14.4 Å². The van der Waals surface area contributed by atoms with Gasteiger partial charge in [0, 0.05) is 25.6 Å². The summed E-state index contributed by atoms with van der Waals surface area (Å²) in [6, 6.07) is 0.340.